The molecule has 1 unspecified atom stereocenters. The van der Waals surface area contributed by atoms with Crippen molar-refractivity contribution in [1.29, 1.82) is 0 Å². The number of thiazole rings is 1. The first-order valence-corrected chi connectivity index (χ1v) is 9.73. The van der Waals surface area contributed by atoms with Gasteiger partial charge in [0.2, 0.25) is 0 Å². The second-order valence-electron chi connectivity index (χ2n) is 6.51. The SMILES string of the molecule is COC(=O)C1=C(C)N=c2s/c(=C\c3ccccc3)c(=O)n2C1c1ccccc1F. The zero-order valence-electron chi connectivity index (χ0n) is 15.8. The molecular formula is C22H17FN2O3S. The first kappa shape index (κ1) is 19.0. The molecule has 2 aromatic carbocycles. The van der Waals surface area contributed by atoms with Crippen LogP contribution in [0.5, 0.6) is 0 Å². The van der Waals surface area contributed by atoms with E-state index in [0.717, 1.165) is 5.56 Å². The normalized spacial score (nSPS) is 16.4. The summed E-state index contributed by atoms with van der Waals surface area (Å²) >= 11 is 1.21. The van der Waals surface area contributed by atoms with Crippen LogP contribution in [0.2, 0.25) is 0 Å². The van der Waals surface area contributed by atoms with Gasteiger partial charge in [-0.15, -0.1) is 0 Å². The van der Waals surface area contributed by atoms with Crippen LogP contribution < -0.4 is 14.9 Å². The number of fused-ring (bicyclic) bond motifs is 1. The lowest BCUT2D eigenvalue weighted by Gasteiger charge is -2.24. The van der Waals surface area contributed by atoms with Crippen LogP contribution in [0.4, 0.5) is 4.39 Å². The van der Waals surface area contributed by atoms with Crippen molar-refractivity contribution >= 4 is 23.4 Å². The lowest BCUT2D eigenvalue weighted by molar-refractivity contribution is -0.136. The summed E-state index contributed by atoms with van der Waals surface area (Å²) in [5.74, 6) is -1.15. The highest BCUT2D eigenvalue weighted by atomic mass is 32.1. The standard InChI is InChI=1S/C22H17FN2O3S/c1-13-18(21(27)28-2)19(15-10-6-7-11-16(15)23)25-20(26)17(29-22(25)24-13)12-14-8-4-3-5-9-14/h3-12,19H,1-2H3/b17-12-. The highest BCUT2D eigenvalue weighted by Crippen LogP contribution is 2.31. The van der Waals surface area contributed by atoms with Crippen molar-refractivity contribution < 1.29 is 13.9 Å². The molecule has 3 aromatic rings. The van der Waals surface area contributed by atoms with E-state index in [4.69, 9.17) is 4.74 Å². The van der Waals surface area contributed by atoms with Gasteiger partial charge in [-0.25, -0.2) is 14.2 Å². The minimum Gasteiger partial charge on any atom is -0.466 e. The van der Waals surface area contributed by atoms with E-state index in [1.165, 1.54) is 29.1 Å². The van der Waals surface area contributed by atoms with Gasteiger partial charge in [0.05, 0.1) is 22.9 Å². The first-order chi connectivity index (χ1) is 14.0. The van der Waals surface area contributed by atoms with Crippen LogP contribution in [0.15, 0.2) is 75.7 Å². The maximum atomic E-state index is 14.7. The second kappa shape index (κ2) is 7.60. The summed E-state index contributed by atoms with van der Waals surface area (Å²) in [7, 11) is 1.25. The van der Waals surface area contributed by atoms with Crippen molar-refractivity contribution in [3.8, 4) is 0 Å². The van der Waals surface area contributed by atoms with Gasteiger partial charge in [-0.05, 0) is 24.6 Å². The average molecular weight is 408 g/mol. The summed E-state index contributed by atoms with van der Waals surface area (Å²) in [6.45, 7) is 1.66. The van der Waals surface area contributed by atoms with E-state index in [9.17, 15) is 14.0 Å². The van der Waals surface area contributed by atoms with E-state index in [2.05, 4.69) is 4.99 Å². The van der Waals surface area contributed by atoms with E-state index in [0.29, 0.717) is 15.0 Å². The van der Waals surface area contributed by atoms with Crippen molar-refractivity contribution in [3.63, 3.8) is 0 Å². The van der Waals surface area contributed by atoms with Crippen LogP contribution in [0.25, 0.3) is 6.08 Å². The molecule has 2 heterocycles. The van der Waals surface area contributed by atoms with Crippen molar-refractivity contribution in [2.24, 2.45) is 4.99 Å². The number of allylic oxidation sites excluding steroid dienone is 1. The molecule has 4 rings (SSSR count). The molecule has 0 radical (unpaired) electrons. The monoisotopic (exact) mass is 408 g/mol. The zero-order valence-corrected chi connectivity index (χ0v) is 16.6. The molecule has 29 heavy (non-hydrogen) atoms. The Balaban J connectivity index is 2.02. The third-order valence-corrected chi connectivity index (χ3v) is 5.71. The molecule has 1 aromatic heterocycles. The molecule has 1 aliphatic rings. The molecule has 0 spiro atoms. The molecule has 146 valence electrons. The predicted molar refractivity (Wildman–Crippen MR) is 109 cm³/mol. The van der Waals surface area contributed by atoms with E-state index in [-0.39, 0.29) is 16.7 Å². The predicted octanol–water partition coefficient (Wildman–Crippen LogP) is 2.55. The molecule has 0 aliphatic carbocycles. The van der Waals surface area contributed by atoms with E-state index in [1.54, 1.807) is 31.2 Å². The fourth-order valence-electron chi connectivity index (χ4n) is 3.38. The maximum absolute atomic E-state index is 14.7. The minimum absolute atomic E-state index is 0.149. The molecule has 0 fully saturated rings. The van der Waals surface area contributed by atoms with Crippen molar-refractivity contribution in [2.75, 3.05) is 7.11 Å². The van der Waals surface area contributed by atoms with Crippen molar-refractivity contribution in [3.05, 3.63) is 102 Å². The Hall–Kier alpha value is -3.32. The Morgan fingerprint density at radius 2 is 1.86 bits per heavy atom. The second-order valence-corrected chi connectivity index (χ2v) is 7.51. The summed E-state index contributed by atoms with van der Waals surface area (Å²) in [5, 5.41) is 0. The van der Waals surface area contributed by atoms with Gasteiger partial charge >= 0.3 is 5.97 Å². The number of ether oxygens (including phenoxy) is 1. The van der Waals surface area contributed by atoms with Gasteiger partial charge in [0.1, 0.15) is 11.9 Å². The van der Waals surface area contributed by atoms with Gasteiger partial charge in [0.15, 0.2) is 4.80 Å². The van der Waals surface area contributed by atoms with Crippen LogP contribution in [0, 0.1) is 5.82 Å². The number of aromatic nitrogens is 1. The molecule has 7 heteroatoms. The number of carbonyl (C=O) groups is 1. The van der Waals surface area contributed by atoms with Gasteiger partial charge < -0.3 is 4.74 Å². The van der Waals surface area contributed by atoms with E-state index < -0.39 is 17.8 Å². The van der Waals surface area contributed by atoms with Gasteiger partial charge in [-0.2, -0.15) is 0 Å². The molecule has 0 N–H and O–H groups in total. The molecular weight excluding hydrogens is 391 g/mol. The smallest absolute Gasteiger partial charge is 0.338 e. The topological polar surface area (TPSA) is 60.7 Å². The molecule has 0 saturated heterocycles. The summed E-state index contributed by atoms with van der Waals surface area (Å²) in [6.07, 6.45) is 1.76. The maximum Gasteiger partial charge on any atom is 0.338 e. The zero-order chi connectivity index (χ0) is 20.5. The van der Waals surface area contributed by atoms with Crippen molar-refractivity contribution in [2.45, 2.75) is 13.0 Å². The molecule has 0 bridgehead atoms. The molecule has 5 nitrogen and oxygen atoms in total. The number of hydrogen-bond donors (Lipinski definition) is 0. The van der Waals surface area contributed by atoms with Crippen LogP contribution in [-0.4, -0.2) is 17.6 Å². The number of methoxy groups -OCH3 is 1. The molecule has 1 aliphatic heterocycles. The number of hydrogen-bond acceptors (Lipinski definition) is 5. The first-order valence-electron chi connectivity index (χ1n) is 8.91. The Kier molecular flexibility index (Phi) is 4.98. The summed E-state index contributed by atoms with van der Waals surface area (Å²) < 4.78 is 21.4. The Labute approximate surface area is 169 Å². The van der Waals surface area contributed by atoms with Crippen LogP contribution in [0.1, 0.15) is 24.1 Å². The Morgan fingerprint density at radius 3 is 2.55 bits per heavy atom. The summed E-state index contributed by atoms with van der Waals surface area (Å²) in [5.41, 5.74) is 1.30. The molecule has 0 amide bonds. The van der Waals surface area contributed by atoms with Crippen LogP contribution >= 0.6 is 11.3 Å². The summed E-state index contributed by atoms with van der Waals surface area (Å²) in [6, 6.07) is 14.6. The van der Waals surface area contributed by atoms with Crippen molar-refractivity contribution in [1.82, 2.24) is 4.57 Å². The van der Waals surface area contributed by atoms with Crippen LogP contribution in [-0.2, 0) is 9.53 Å². The lowest BCUT2D eigenvalue weighted by Crippen LogP contribution is -2.40. The number of esters is 1. The van der Waals surface area contributed by atoms with Crippen LogP contribution in [0.3, 0.4) is 0 Å². The average Bonchev–Trinajstić information content (AvgIpc) is 3.02. The van der Waals surface area contributed by atoms with E-state index >= 15 is 0 Å². The largest absolute Gasteiger partial charge is 0.466 e. The number of halogens is 1. The fraction of sp³-hybridized carbons (Fsp3) is 0.136. The lowest BCUT2D eigenvalue weighted by atomic mass is 9.95. The fourth-order valence-corrected chi connectivity index (χ4v) is 4.43. The Morgan fingerprint density at radius 1 is 1.17 bits per heavy atom. The molecule has 1 atom stereocenters. The minimum atomic E-state index is -0.946. The third-order valence-electron chi connectivity index (χ3n) is 4.72. The highest BCUT2D eigenvalue weighted by molar-refractivity contribution is 7.07. The number of rotatable bonds is 3. The number of benzene rings is 2. The van der Waals surface area contributed by atoms with Gasteiger partial charge in [-0.3, -0.25) is 9.36 Å². The Bertz CT molecular complexity index is 1310. The quantitative estimate of drug-likeness (QED) is 0.626. The molecule has 0 saturated carbocycles. The highest BCUT2D eigenvalue weighted by Gasteiger charge is 2.34. The van der Waals surface area contributed by atoms with E-state index in [1.807, 2.05) is 30.3 Å². The van der Waals surface area contributed by atoms with Gasteiger partial charge in [-0.1, -0.05) is 59.9 Å². The number of nitrogens with zero attached hydrogens (tertiary/aromatic N) is 2. The number of carbonyl (C=O) groups excluding carboxylic acids is 1. The van der Waals surface area contributed by atoms with Gasteiger partial charge in [0, 0.05) is 5.56 Å². The summed E-state index contributed by atoms with van der Waals surface area (Å²) in [4.78, 5) is 30.6. The van der Waals surface area contributed by atoms with Gasteiger partial charge in [0.25, 0.3) is 5.56 Å². The third kappa shape index (κ3) is 3.34.